The molecule has 430 valence electrons. The summed E-state index contributed by atoms with van der Waals surface area (Å²) in [6.45, 7) is 4.15. The average molecular weight is 1120 g/mol. The second kappa shape index (κ2) is 26.3. The molecule has 1 aliphatic heterocycles. The number of aromatic nitrogens is 1. The Morgan fingerprint density at radius 1 is 0.863 bits per heavy atom. The zero-order valence-corrected chi connectivity index (χ0v) is 44.3. The van der Waals surface area contributed by atoms with Gasteiger partial charge < -0.3 is 84.0 Å². The third-order valence-electron chi connectivity index (χ3n) is 13.8. The number of hydrogen-bond donors (Lipinski definition) is 9. The number of nitrogens with two attached hydrogens (primary N) is 1. The predicted octanol–water partition coefficient (Wildman–Crippen LogP) is 1.53. The molecule has 8 rings (SSSR count). The monoisotopic (exact) mass is 1120 g/mol. The average Bonchev–Trinajstić information content (AvgIpc) is 3.90. The number of rotatable bonds is 26. The minimum atomic E-state index is -2.20. The number of phenolic OH excluding ortho intramolecular Hbond substituents is 3. The molecule has 25 nitrogen and oxygen atoms in total. The van der Waals surface area contributed by atoms with Crippen molar-refractivity contribution in [3.8, 4) is 28.7 Å². The number of fused-ring (bicyclic) bond motifs is 4. The molecule has 5 aromatic rings. The van der Waals surface area contributed by atoms with Gasteiger partial charge in [0.15, 0.2) is 35.8 Å². The number of nitrogens with zero attached hydrogens (tertiary/aromatic N) is 2. The number of aryl methyl sites for hydroxylation is 1. The van der Waals surface area contributed by atoms with E-state index in [9.17, 15) is 54.6 Å². The van der Waals surface area contributed by atoms with Crippen molar-refractivity contribution in [3.05, 3.63) is 110 Å². The van der Waals surface area contributed by atoms with Crippen LogP contribution < -0.4 is 31.7 Å². The molecule has 2 amide bonds. The van der Waals surface area contributed by atoms with Gasteiger partial charge in [-0.3, -0.25) is 23.7 Å². The van der Waals surface area contributed by atoms with Gasteiger partial charge in [-0.15, -0.1) is 0 Å². The second-order valence-corrected chi connectivity index (χ2v) is 19.4. The summed E-state index contributed by atoms with van der Waals surface area (Å²) in [5, 5.41) is 74.2. The van der Waals surface area contributed by atoms with Crippen molar-refractivity contribution in [2.45, 2.75) is 82.3 Å². The third-order valence-corrected chi connectivity index (χ3v) is 13.8. The van der Waals surface area contributed by atoms with Gasteiger partial charge in [0.2, 0.25) is 11.7 Å². The molecule has 2 heterocycles. The minimum absolute atomic E-state index is 0.0360. The highest BCUT2D eigenvalue weighted by molar-refractivity contribution is 6.31. The van der Waals surface area contributed by atoms with E-state index >= 15 is 0 Å². The number of carbonyl (C=O) groups is 4. The number of ketones is 2. The number of benzene rings is 4. The number of amides is 2. The smallest absolute Gasteiger partial charge is 0.420 e. The summed E-state index contributed by atoms with van der Waals surface area (Å²) < 4.78 is 51.7. The van der Waals surface area contributed by atoms with Gasteiger partial charge in [0, 0.05) is 48.5 Å². The van der Waals surface area contributed by atoms with Crippen LogP contribution in [-0.2, 0) is 51.0 Å². The van der Waals surface area contributed by atoms with Gasteiger partial charge in [-0.1, -0.05) is 24.3 Å². The van der Waals surface area contributed by atoms with Crippen LogP contribution in [0.5, 0.6) is 28.7 Å². The van der Waals surface area contributed by atoms with E-state index in [0.29, 0.717) is 16.7 Å². The van der Waals surface area contributed by atoms with E-state index in [1.54, 1.807) is 19.1 Å². The Balaban J connectivity index is 0.722. The number of aliphatic hydroxyl groups excluding tert-OH is 2. The highest BCUT2D eigenvalue weighted by Crippen LogP contribution is 2.52. The molecule has 25 heteroatoms. The Labute approximate surface area is 457 Å². The summed E-state index contributed by atoms with van der Waals surface area (Å²) in [7, 11) is 1.31. The number of hydrogen-bond acceptors (Lipinski definition) is 22. The molecule has 1 fully saturated rings. The summed E-state index contributed by atoms with van der Waals surface area (Å²) >= 11 is 0. The number of oxazole rings is 1. The largest absolute Gasteiger partial charge is 0.507 e. The van der Waals surface area contributed by atoms with Crippen molar-refractivity contribution in [1.29, 1.82) is 0 Å². The molecule has 1 aromatic heterocycles. The predicted molar refractivity (Wildman–Crippen MR) is 281 cm³/mol. The molecule has 10 N–H and O–H groups in total. The molecule has 80 heavy (non-hydrogen) atoms. The Bertz CT molecular complexity index is 3160. The van der Waals surface area contributed by atoms with Gasteiger partial charge in [-0.25, -0.2) is 10.2 Å². The maximum absolute atomic E-state index is 14.1. The van der Waals surface area contributed by atoms with Crippen molar-refractivity contribution in [2.75, 3.05) is 79.7 Å². The Hall–Kier alpha value is -7.30. The van der Waals surface area contributed by atoms with Crippen molar-refractivity contribution in [3.63, 3.8) is 0 Å². The maximum Gasteiger partial charge on any atom is 0.420 e. The minimum Gasteiger partial charge on any atom is -0.507 e. The maximum atomic E-state index is 14.1. The normalized spacial score (nSPS) is 20.7. The van der Waals surface area contributed by atoms with Crippen LogP contribution in [0.2, 0.25) is 0 Å². The lowest BCUT2D eigenvalue weighted by Crippen LogP contribution is -2.53. The third kappa shape index (κ3) is 13.3. The highest BCUT2D eigenvalue weighted by Gasteiger charge is 2.50. The first-order chi connectivity index (χ1) is 38.4. The van der Waals surface area contributed by atoms with E-state index in [-0.39, 0.29) is 131 Å². The van der Waals surface area contributed by atoms with Crippen molar-refractivity contribution >= 4 is 40.2 Å². The lowest BCUT2D eigenvalue weighted by Gasteiger charge is -2.43. The first-order valence-electron chi connectivity index (χ1n) is 25.9. The molecule has 1 saturated heterocycles. The standard InChI is InChI=1S/C55H65N5O20/c1-29-7-9-37-35(21-29)60(54(70)80-37)26-31-8-10-38(36(62)22-31)77-28-43(64)57-12-14-74-16-18-76-20-19-75-17-15-73-13-11-42(63)59-58-41(27-61)55(71)24-33-46(40(25-55)79-44-23-34(56)49(65)30(2)78-44)53(69)48-47(51(33)67)50(66)32-5-4-6-39(72-3)45(32)52(48)68/h4-10,21-22,30,34,40,44,49,61-62,65,67,69,71H,11-20,23-28,56H2,1-3H3,(H,57,64)(H,59,63)/b58-41+. The molecule has 0 radical (unpaired) electrons. The number of phenols is 3. The van der Waals surface area contributed by atoms with Crippen molar-refractivity contribution < 1.29 is 92.1 Å². The molecule has 0 spiro atoms. The van der Waals surface area contributed by atoms with Gasteiger partial charge in [-0.2, -0.15) is 5.10 Å². The van der Waals surface area contributed by atoms with Gasteiger partial charge in [0.25, 0.3) is 5.91 Å². The molecule has 4 aromatic carbocycles. The molecule has 2 aliphatic carbocycles. The van der Waals surface area contributed by atoms with Crippen LogP contribution in [-0.4, -0.2) is 174 Å². The van der Waals surface area contributed by atoms with Gasteiger partial charge >= 0.3 is 5.76 Å². The Kier molecular flexibility index (Phi) is 19.4. The van der Waals surface area contributed by atoms with Crippen molar-refractivity contribution in [1.82, 2.24) is 15.3 Å². The first-order valence-corrected chi connectivity index (χ1v) is 25.9. The molecule has 0 bridgehead atoms. The Morgan fingerprint density at radius 3 is 2.25 bits per heavy atom. The fourth-order valence-corrected chi connectivity index (χ4v) is 9.75. The lowest BCUT2D eigenvalue weighted by molar-refractivity contribution is -0.245. The quantitative estimate of drug-likeness (QED) is 0.0161. The fraction of sp³-hybridized carbons (Fsp3) is 0.455. The van der Waals surface area contributed by atoms with Crippen LogP contribution in [0.4, 0.5) is 0 Å². The number of hydrazone groups is 1. The number of nitrogens with one attached hydrogen (secondary N) is 2. The zero-order valence-electron chi connectivity index (χ0n) is 44.3. The number of aliphatic hydroxyl groups is 3. The summed E-state index contributed by atoms with van der Waals surface area (Å²) in [4.78, 5) is 65.6. The van der Waals surface area contributed by atoms with E-state index in [2.05, 4.69) is 15.8 Å². The topological polar surface area (TPSA) is 361 Å². The number of carbonyl (C=O) groups excluding carboxylic acids is 4. The Morgan fingerprint density at radius 2 is 1.56 bits per heavy atom. The van der Waals surface area contributed by atoms with E-state index < -0.39 is 107 Å². The zero-order chi connectivity index (χ0) is 57.3. The van der Waals surface area contributed by atoms with Crippen LogP contribution in [0, 0.1) is 6.92 Å². The molecular formula is C55H65N5O20. The van der Waals surface area contributed by atoms with Crippen LogP contribution in [0.1, 0.15) is 86.4 Å². The second-order valence-electron chi connectivity index (χ2n) is 19.4. The molecule has 0 saturated carbocycles. The van der Waals surface area contributed by atoms with Crippen LogP contribution in [0.3, 0.4) is 0 Å². The molecule has 6 atom stereocenters. The van der Waals surface area contributed by atoms with Gasteiger partial charge in [-0.05, 0) is 55.3 Å². The first kappa shape index (κ1) is 58.8. The molecule has 6 unspecified atom stereocenters. The van der Waals surface area contributed by atoms with E-state index in [1.807, 2.05) is 19.1 Å². The highest BCUT2D eigenvalue weighted by atomic mass is 16.7. The fourth-order valence-electron chi connectivity index (χ4n) is 9.75. The van der Waals surface area contributed by atoms with Crippen LogP contribution in [0.25, 0.3) is 11.1 Å². The summed E-state index contributed by atoms with van der Waals surface area (Å²) in [6.07, 6.45) is -5.62. The summed E-state index contributed by atoms with van der Waals surface area (Å²) in [5.41, 5.74) is 7.05. The number of aromatic hydroxyl groups is 3. The van der Waals surface area contributed by atoms with Crippen molar-refractivity contribution in [2.24, 2.45) is 10.8 Å². The number of ether oxygens (including phenoxy) is 8. The van der Waals surface area contributed by atoms with Crippen LogP contribution >= 0.6 is 0 Å². The number of methoxy groups -OCH3 is 1. The molecule has 3 aliphatic rings. The van der Waals surface area contributed by atoms with E-state index in [1.165, 1.54) is 42.0 Å². The van der Waals surface area contributed by atoms with Gasteiger partial charge in [0.1, 0.15) is 22.8 Å². The summed E-state index contributed by atoms with van der Waals surface area (Å²) in [5.74, 6) is -4.63. The van der Waals surface area contributed by atoms with Gasteiger partial charge in [0.05, 0.1) is 126 Å². The van der Waals surface area contributed by atoms with E-state index in [4.69, 9.17) is 48.0 Å². The summed E-state index contributed by atoms with van der Waals surface area (Å²) in [6, 6.07) is 13.6. The lowest BCUT2D eigenvalue weighted by atomic mass is 9.71. The SMILES string of the molecule is COc1cccc2c1C(=O)c1c(O)c3c(c(O)c1C2=O)CC(O)(/C(CO)=N/NC(=O)CCOCCOCCOCCOCCNC(=O)COc1ccc(Cn2c(=O)oc4ccc(C)cc42)cc1O)CC3OC1CC(N)C(O)C(C)O1. The molecular weight excluding hydrogens is 1050 g/mol. The van der Waals surface area contributed by atoms with E-state index in [0.717, 1.165) is 5.56 Å². The van der Waals surface area contributed by atoms with Crippen LogP contribution in [0.15, 0.2) is 68.9 Å².